The molecule has 0 aromatic carbocycles. The molecule has 0 atom stereocenters. The Morgan fingerprint density at radius 1 is 1.31 bits per heavy atom. The van der Waals surface area contributed by atoms with Gasteiger partial charge in [0.1, 0.15) is 5.69 Å². The third kappa shape index (κ3) is 6.22. The van der Waals surface area contributed by atoms with Gasteiger partial charge in [0.05, 0.1) is 16.4 Å². The monoisotopic (exact) mass is 513 g/mol. The molecule has 11 heteroatoms. The van der Waals surface area contributed by atoms with E-state index in [1.54, 1.807) is 35.4 Å². The van der Waals surface area contributed by atoms with Gasteiger partial charge < -0.3 is 20.3 Å². The Morgan fingerprint density at radius 2 is 2.11 bits per heavy atom. The van der Waals surface area contributed by atoms with Gasteiger partial charge in [0.15, 0.2) is 10.9 Å². The van der Waals surface area contributed by atoms with Crippen molar-refractivity contribution >= 4 is 40.3 Å². The minimum absolute atomic E-state index is 0.248. The van der Waals surface area contributed by atoms with Crippen molar-refractivity contribution in [2.24, 2.45) is 0 Å². The number of ether oxygens (including phenoxy) is 1. The third-order valence-electron chi connectivity index (χ3n) is 5.93. The summed E-state index contributed by atoms with van der Waals surface area (Å²) in [5.74, 6) is 0.668. The van der Waals surface area contributed by atoms with Gasteiger partial charge in [-0.1, -0.05) is 0 Å². The molecule has 186 valence electrons. The molecule has 1 aliphatic rings. The van der Waals surface area contributed by atoms with Crippen LogP contribution in [-0.4, -0.2) is 69.0 Å². The average Bonchev–Trinajstić information content (AvgIpc) is 3.48. The van der Waals surface area contributed by atoms with E-state index in [1.165, 1.54) is 0 Å². The van der Waals surface area contributed by atoms with Crippen LogP contribution in [0.25, 0.3) is 5.82 Å². The van der Waals surface area contributed by atoms with E-state index in [2.05, 4.69) is 30.6 Å². The van der Waals surface area contributed by atoms with Gasteiger partial charge in [0.25, 0.3) is 5.91 Å². The second-order valence-corrected chi connectivity index (χ2v) is 9.85. The molecule has 1 fully saturated rings. The number of piperidine rings is 1. The Hall–Kier alpha value is -2.89. The van der Waals surface area contributed by atoms with Crippen molar-refractivity contribution in [1.29, 1.82) is 0 Å². The zero-order valence-electron chi connectivity index (χ0n) is 20.3. The molecule has 0 saturated carbocycles. The number of thiocarbonyl (C=S) groups is 1. The lowest BCUT2D eigenvalue weighted by atomic mass is 9.98. The highest BCUT2D eigenvalue weighted by molar-refractivity contribution is 7.80. The number of anilines is 1. The number of thiazole rings is 1. The largest absolute Gasteiger partial charge is 0.385 e. The summed E-state index contributed by atoms with van der Waals surface area (Å²) in [4.78, 5) is 24.3. The first-order valence-electron chi connectivity index (χ1n) is 11.7. The van der Waals surface area contributed by atoms with Crippen LogP contribution in [0.4, 0.5) is 5.69 Å². The van der Waals surface area contributed by atoms with Crippen LogP contribution in [0.5, 0.6) is 0 Å². The van der Waals surface area contributed by atoms with Crippen LogP contribution in [0.3, 0.4) is 0 Å². The maximum atomic E-state index is 13.0. The van der Waals surface area contributed by atoms with Gasteiger partial charge in [0.2, 0.25) is 0 Å². The Bertz CT molecular complexity index is 1170. The summed E-state index contributed by atoms with van der Waals surface area (Å²) in [5.41, 5.74) is 2.86. The predicted molar refractivity (Wildman–Crippen MR) is 142 cm³/mol. The second-order valence-electron chi connectivity index (χ2n) is 8.58. The first-order valence-corrected chi connectivity index (χ1v) is 13.0. The van der Waals surface area contributed by atoms with Crippen molar-refractivity contribution in [3.63, 3.8) is 0 Å². The SMILES string of the molecule is COCCCNC(=S)N1CCC(c2nc(C(=O)Nc3cccnc3-n3nc(C)cc3C)cs2)CC1. The van der Waals surface area contributed by atoms with Gasteiger partial charge in [-0.25, -0.2) is 14.6 Å². The van der Waals surface area contributed by atoms with Crippen LogP contribution in [0.2, 0.25) is 0 Å². The molecule has 35 heavy (non-hydrogen) atoms. The van der Waals surface area contributed by atoms with Crippen molar-refractivity contribution in [2.75, 3.05) is 38.7 Å². The zero-order chi connectivity index (χ0) is 24.8. The Kier molecular flexibility index (Phi) is 8.42. The highest BCUT2D eigenvalue weighted by atomic mass is 32.1. The number of aromatic nitrogens is 4. The molecule has 0 aliphatic carbocycles. The normalized spacial score (nSPS) is 14.2. The number of rotatable bonds is 8. The van der Waals surface area contributed by atoms with Gasteiger partial charge in [-0.05, 0) is 63.5 Å². The summed E-state index contributed by atoms with van der Waals surface area (Å²) >= 11 is 7.08. The van der Waals surface area contributed by atoms with Crippen molar-refractivity contribution in [3.05, 3.63) is 51.9 Å². The lowest BCUT2D eigenvalue weighted by molar-refractivity contribution is 0.102. The fraction of sp³-hybridized carbons (Fsp3) is 0.458. The van der Waals surface area contributed by atoms with Gasteiger partial charge in [-0.15, -0.1) is 11.3 Å². The molecule has 0 unspecified atom stereocenters. The van der Waals surface area contributed by atoms with Gasteiger partial charge >= 0.3 is 0 Å². The lowest BCUT2D eigenvalue weighted by Crippen LogP contribution is -2.44. The van der Waals surface area contributed by atoms with E-state index in [4.69, 9.17) is 17.0 Å². The molecule has 4 rings (SSSR count). The Balaban J connectivity index is 1.35. The molecule has 9 nitrogen and oxygen atoms in total. The maximum absolute atomic E-state index is 13.0. The summed E-state index contributed by atoms with van der Waals surface area (Å²) in [6.45, 7) is 7.19. The maximum Gasteiger partial charge on any atom is 0.275 e. The second kappa shape index (κ2) is 11.7. The van der Waals surface area contributed by atoms with Crippen LogP contribution < -0.4 is 10.6 Å². The number of amides is 1. The quantitative estimate of drug-likeness (QED) is 0.348. The van der Waals surface area contributed by atoms with E-state index >= 15 is 0 Å². The third-order valence-corrected chi connectivity index (χ3v) is 7.34. The molecular weight excluding hydrogens is 482 g/mol. The summed E-state index contributed by atoms with van der Waals surface area (Å²) in [6, 6.07) is 5.59. The molecule has 3 aromatic heterocycles. The molecule has 3 aromatic rings. The molecule has 0 spiro atoms. The van der Waals surface area contributed by atoms with E-state index in [1.807, 2.05) is 31.4 Å². The van der Waals surface area contributed by atoms with Gasteiger partial charge in [-0.3, -0.25) is 4.79 Å². The number of nitrogens with zero attached hydrogens (tertiary/aromatic N) is 5. The number of aryl methyl sites for hydroxylation is 2. The molecule has 0 radical (unpaired) electrons. The first-order chi connectivity index (χ1) is 17.0. The van der Waals surface area contributed by atoms with Gasteiger partial charge in [0, 0.05) is 56.5 Å². The van der Waals surface area contributed by atoms with Crippen molar-refractivity contribution in [3.8, 4) is 5.82 Å². The Labute approximate surface area is 214 Å². The van der Waals surface area contributed by atoms with Crippen molar-refractivity contribution in [2.45, 2.75) is 39.0 Å². The summed E-state index contributed by atoms with van der Waals surface area (Å²) in [7, 11) is 1.70. The summed E-state index contributed by atoms with van der Waals surface area (Å²) in [5, 5.41) is 14.4. The predicted octanol–water partition coefficient (Wildman–Crippen LogP) is 3.68. The fourth-order valence-corrected chi connectivity index (χ4v) is 5.38. The number of methoxy groups -OCH3 is 1. The van der Waals surface area contributed by atoms with Gasteiger partial charge in [-0.2, -0.15) is 5.10 Å². The topological polar surface area (TPSA) is 97.2 Å². The van der Waals surface area contributed by atoms with Crippen LogP contribution in [0, 0.1) is 13.8 Å². The number of carbonyl (C=O) groups is 1. The summed E-state index contributed by atoms with van der Waals surface area (Å²) < 4.78 is 6.82. The fourth-order valence-electron chi connectivity index (χ4n) is 4.13. The number of nitrogens with one attached hydrogen (secondary N) is 2. The smallest absolute Gasteiger partial charge is 0.275 e. The van der Waals surface area contributed by atoms with Crippen molar-refractivity contribution < 1.29 is 9.53 Å². The van der Waals surface area contributed by atoms with Crippen LogP contribution in [0.1, 0.15) is 52.1 Å². The Morgan fingerprint density at radius 3 is 2.83 bits per heavy atom. The van der Waals surface area contributed by atoms with Crippen LogP contribution >= 0.6 is 23.6 Å². The number of hydrogen-bond acceptors (Lipinski definition) is 7. The van der Waals surface area contributed by atoms with Crippen LogP contribution in [0.15, 0.2) is 29.8 Å². The average molecular weight is 514 g/mol. The van der Waals surface area contributed by atoms with E-state index in [0.717, 1.165) is 67.0 Å². The standard InChI is InChI=1S/C24H31N7O2S2/c1-16-14-17(2)31(29-16)21-19(6-4-9-25-21)27-22(32)20-15-35-23(28-20)18-7-11-30(12-8-18)24(34)26-10-5-13-33-3/h4,6,9,14-15,18H,5,7-8,10-13H2,1-3H3,(H,26,34)(H,27,32). The zero-order valence-corrected chi connectivity index (χ0v) is 21.9. The molecule has 1 amide bonds. The van der Waals surface area contributed by atoms with E-state index in [0.29, 0.717) is 23.1 Å². The molecule has 0 bridgehead atoms. The van der Waals surface area contributed by atoms with Crippen molar-refractivity contribution in [1.82, 2.24) is 30.0 Å². The molecule has 1 saturated heterocycles. The van der Waals surface area contributed by atoms with E-state index < -0.39 is 0 Å². The number of hydrogen-bond donors (Lipinski definition) is 2. The first kappa shape index (κ1) is 25.2. The minimum atomic E-state index is -0.248. The van der Waals surface area contributed by atoms with E-state index in [9.17, 15) is 4.79 Å². The number of pyridine rings is 1. The number of carbonyl (C=O) groups excluding carboxylic acids is 1. The highest BCUT2D eigenvalue weighted by Gasteiger charge is 2.25. The minimum Gasteiger partial charge on any atom is -0.385 e. The summed E-state index contributed by atoms with van der Waals surface area (Å²) in [6.07, 6.45) is 4.53. The molecule has 1 aliphatic heterocycles. The van der Waals surface area contributed by atoms with Crippen LogP contribution in [-0.2, 0) is 4.74 Å². The molecule has 4 heterocycles. The highest BCUT2D eigenvalue weighted by Crippen LogP contribution is 2.31. The molecule has 2 N–H and O–H groups in total. The number of likely N-dealkylation sites (tertiary alicyclic amines) is 1. The molecular formula is C24H31N7O2S2. The van der Waals surface area contributed by atoms with E-state index in [-0.39, 0.29) is 5.91 Å². The lowest BCUT2D eigenvalue weighted by Gasteiger charge is -2.33.